The first-order chi connectivity index (χ1) is 19.4. The number of esters is 1. The van der Waals surface area contributed by atoms with Crippen LogP contribution in [-0.4, -0.2) is 31.4 Å². The van der Waals surface area contributed by atoms with Gasteiger partial charge in [0, 0.05) is 5.56 Å². The Balaban J connectivity index is 1.81. The second-order valence-corrected chi connectivity index (χ2v) is 10.1. The highest BCUT2D eigenvalue weighted by Crippen LogP contribution is 2.37. The van der Waals surface area contributed by atoms with E-state index in [0.29, 0.717) is 48.2 Å². The maximum atomic E-state index is 13.9. The summed E-state index contributed by atoms with van der Waals surface area (Å²) < 4.78 is 31.9. The Morgan fingerprint density at radius 1 is 1.10 bits per heavy atom. The van der Waals surface area contributed by atoms with Crippen molar-refractivity contribution in [2.24, 2.45) is 4.99 Å². The van der Waals surface area contributed by atoms with E-state index in [1.807, 2.05) is 30.3 Å². The zero-order valence-corrected chi connectivity index (χ0v) is 23.4. The lowest BCUT2D eigenvalue weighted by Crippen LogP contribution is -2.40. The van der Waals surface area contributed by atoms with Crippen molar-refractivity contribution in [2.45, 2.75) is 13.0 Å². The molecule has 0 spiro atoms. The van der Waals surface area contributed by atoms with Crippen molar-refractivity contribution in [3.8, 4) is 11.5 Å². The maximum absolute atomic E-state index is 13.9. The smallest absolute Gasteiger partial charge is 0.338 e. The number of fused-ring (bicyclic) bond motifs is 1. The molecule has 0 saturated carbocycles. The topological polar surface area (TPSA) is 79.1 Å². The van der Waals surface area contributed by atoms with Crippen molar-refractivity contribution < 1.29 is 23.4 Å². The molecule has 1 atom stereocenters. The minimum absolute atomic E-state index is 0.130. The molecule has 10 heteroatoms. The van der Waals surface area contributed by atoms with Gasteiger partial charge in [-0.25, -0.2) is 14.2 Å². The molecule has 0 aliphatic carbocycles. The third-order valence-corrected chi connectivity index (χ3v) is 7.58. The van der Waals surface area contributed by atoms with Gasteiger partial charge in [0.2, 0.25) is 0 Å². The standard InChI is InChI=1S/C30H24ClFN2O5S/c1-4-39-29(36)24-25(18-8-6-5-7-9-18)33-30-34(26(24)19-10-12-20(32)13-11-19)28(35)23(40-30)16-17-14-21(31)27(38-3)22(15-17)37-2/h5-16,26H,4H2,1-3H3/t26-/m1/s1. The van der Waals surface area contributed by atoms with E-state index in [-0.39, 0.29) is 17.7 Å². The molecular weight excluding hydrogens is 555 g/mol. The molecule has 1 aromatic heterocycles. The van der Waals surface area contributed by atoms with Crippen LogP contribution in [0, 0.1) is 5.82 Å². The van der Waals surface area contributed by atoms with Crippen LogP contribution in [0.3, 0.4) is 0 Å². The summed E-state index contributed by atoms with van der Waals surface area (Å²) in [6.07, 6.45) is 1.68. The van der Waals surface area contributed by atoms with E-state index >= 15 is 0 Å². The van der Waals surface area contributed by atoms with E-state index in [1.54, 1.807) is 37.3 Å². The molecule has 1 aliphatic rings. The monoisotopic (exact) mass is 578 g/mol. The first-order valence-electron chi connectivity index (χ1n) is 12.3. The molecular formula is C30H24ClFN2O5S. The van der Waals surface area contributed by atoms with Crippen molar-refractivity contribution in [3.63, 3.8) is 0 Å². The molecule has 0 radical (unpaired) electrons. The van der Waals surface area contributed by atoms with Crippen molar-refractivity contribution in [1.82, 2.24) is 4.57 Å². The molecule has 1 aliphatic heterocycles. The van der Waals surface area contributed by atoms with Crippen LogP contribution in [0.15, 0.2) is 82.1 Å². The Bertz CT molecular complexity index is 1800. The van der Waals surface area contributed by atoms with E-state index < -0.39 is 17.8 Å². The van der Waals surface area contributed by atoms with E-state index in [2.05, 4.69) is 0 Å². The average Bonchev–Trinajstić information content (AvgIpc) is 3.27. The Morgan fingerprint density at radius 2 is 1.82 bits per heavy atom. The van der Waals surface area contributed by atoms with Gasteiger partial charge < -0.3 is 14.2 Å². The van der Waals surface area contributed by atoms with Gasteiger partial charge in [0.1, 0.15) is 5.82 Å². The number of hydrogen-bond acceptors (Lipinski definition) is 7. The minimum Gasteiger partial charge on any atom is -0.493 e. The zero-order chi connectivity index (χ0) is 28.4. The second-order valence-electron chi connectivity index (χ2n) is 8.72. The number of thiazole rings is 1. The highest BCUT2D eigenvalue weighted by Gasteiger charge is 2.35. The molecule has 204 valence electrons. The van der Waals surface area contributed by atoms with Gasteiger partial charge in [0.25, 0.3) is 5.56 Å². The highest BCUT2D eigenvalue weighted by atomic mass is 35.5. The summed E-state index contributed by atoms with van der Waals surface area (Å²) in [6.45, 7) is 1.84. The molecule has 5 rings (SSSR count). The number of rotatable bonds is 7. The van der Waals surface area contributed by atoms with Crippen LogP contribution >= 0.6 is 22.9 Å². The van der Waals surface area contributed by atoms with Crippen molar-refractivity contribution >= 4 is 40.7 Å². The molecule has 0 amide bonds. The SMILES string of the molecule is CCOC(=O)C1=C(c2ccccc2)N=c2sc(=Cc3cc(Cl)c(OC)c(OC)c3)c(=O)n2[C@@H]1c1ccc(F)cc1. The van der Waals surface area contributed by atoms with Gasteiger partial charge in [0.15, 0.2) is 16.3 Å². The Morgan fingerprint density at radius 3 is 2.48 bits per heavy atom. The fourth-order valence-corrected chi connectivity index (χ4v) is 5.87. The minimum atomic E-state index is -0.901. The molecule has 4 aromatic rings. The zero-order valence-electron chi connectivity index (χ0n) is 21.8. The van der Waals surface area contributed by atoms with E-state index in [0.717, 1.165) is 0 Å². The lowest BCUT2D eigenvalue weighted by Gasteiger charge is -2.25. The van der Waals surface area contributed by atoms with Gasteiger partial charge in [-0.1, -0.05) is 65.4 Å². The molecule has 2 heterocycles. The van der Waals surface area contributed by atoms with E-state index in [4.69, 9.17) is 30.8 Å². The van der Waals surface area contributed by atoms with Crippen molar-refractivity contribution in [3.05, 3.63) is 120 Å². The summed E-state index contributed by atoms with van der Waals surface area (Å²) in [5.74, 6) is -0.258. The lowest BCUT2D eigenvalue weighted by atomic mass is 9.93. The van der Waals surface area contributed by atoms with Gasteiger partial charge in [0.05, 0.1) is 47.7 Å². The maximum Gasteiger partial charge on any atom is 0.338 e. The quantitative estimate of drug-likeness (QED) is 0.296. The second kappa shape index (κ2) is 11.5. The molecule has 7 nitrogen and oxygen atoms in total. The molecule has 40 heavy (non-hydrogen) atoms. The number of ether oxygens (including phenoxy) is 3. The number of carbonyl (C=O) groups is 1. The number of methoxy groups -OCH3 is 2. The molecule has 0 unspecified atom stereocenters. The van der Waals surface area contributed by atoms with Crippen LogP contribution in [0.1, 0.15) is 29.7 Å². The van der Waals surface area contributed by atoms with Gasteiger partial charge in [-0.2, -0.15) is 0 Å². The highest BCUT2D eigenvalue weighted by molar-refractivity contribution is 7.07. The largest absolute Gasteiger partial charge is 0.493 e. The molecule has 0 saturated heterocycles. The predicted molar refractivity (Wildman–Crippen MR) is 152 cm³/mol. The summed E-state index contributed by atoms with van der Waals surface area (Å²) >= 11 is 7.56. The number of nitrogens with zero attached hydrogens (tertiary/aromatic N) is 2. The summed E-state index contributed by atoms with van der Waals surface area (Å²) in [6, 6.07) is 17.4. The predicted octanol–water partition coefficient (Wildman–Crippen LogP) is 4.75. The summed E-state index contributed by atoms with van der Waals surface area (Å²) in [5, 5.41) is 0.320. The number of hydrogen-bond donors (Lipinski definition) is 0. The van der Waals surface area contributed by atoms with Crippen LogP contribution in [-0.2, 0) is 9.53 Å². The van der Waals surface area contributed by atoms with E-state index in [9.17, 15) is 14.0 Å². The van der Waals surface area contributed by atoms with E-state index in [1.165, 1.54) is 42.3 Å². The molecule has 0 bridgehead atoms. The fourth-order valence-electron chi connectivity index (χ4n) is 4.57. The van der Waals surface area contributed by atoms with Crippen LogP contribution in [0.4, 0.5) is 4.39 Å². The first kappa shape index (κ1) is 27.4. The third-order valence-electron chi connectivity index (χ3n) is 6.31. The molecule has 3 aromatic carbocycles. The lowest BCUT2D eigenvalue weighted by molar-refractivity contribution is -0.138. The van der Waals surface area contributed by atoms with Crippen LogP contribution in [0.25, 0.3) is 11.8 Å². The van der Waals surface area contributed by atoms with Crippen molar-refractivity contribution in [1.29, 1.82) is 0 Å². The van der Waals surface area contributed by atoms with Gasteiger partial charge >= 0.3 is 5.97 Å². The summed E-state index contributed by atoms with van der Waals surface area (Å²) in [5.41, 5.74) is 2.02. The summed E-state index contributed by atoms with van der Waals surface area (Å²) in [4.78, 5) is 32.6. The van der Waals surface area contributed by atoms with Crippen LogP contribution < -0.4 is 24.4 Å². The molecule has 0 fully saturated rings. The number of benzene rings is 3. The average molecular weight is 579 g/mol. The third kappa shape index (κ3) is 5.05. The molecule has 0 N–H and O–H groups in total. The number of aromatic nitrogens is 1. The number of halogens is 2. The first-order valence-corrected chi connectivity index (χ1v) is 13.5. The Labute approximate surface area is 238 Å². The van der Waals surface area contributed by atoms with Gasteiger partial charge in [-0.3, -0.25) is 9.36 Å². The van der Waals surface area contributed by atoms with Gasteiger partial charge in [-0.15, -0.1) is 0 Å². The van der Waals surface area contributed by atoms with Crippen LogP contribution in [0.2, 0.25) is 5.02 Å². The number of carbonyl (C=O) groups excluding carboxylic acids is 1. The normalized spacial score (nSPS) is 14.9. The fraction of sp³-hybridized carbons (Fsp3) is 0.167. The van der Waals surface area contributed by atoms with Gasteiger partial charge in [-0.05, 0) is 48.4 Å². The Kier molecular flexibility index (Phi) is 7.86. The van der Waals surface area contributed by atoms with Crippen molar-refractivity contribution in [2.75, 3.05) is 20.8 Å². The summed E-state index contributed by atoms with van der Waals surface area (Å²) in [7, 11) is 2.99. The van der Waals surface area contributed by atoms with Crippen LogP contribution in [0.5, 0.6) is 11.5 Å². The Hall–Kier alpha value is -4.21.